The van der Waals surface area contributed by atoms with Gasteiger partial charge in [-0.15, -0.1) is 0 Å². The number of rotatable bonds is 5. The molecule has 92 valence electrons. The van der Waals surface area contributed by atoms with Crippen LogP contribution in [0.3, 0.4) is 0 Å². The molecule has 1 aromatic carbocycles. The average Bonchev–Trinajstić information content (AvgIpc) is 3.08. The highest BCUT2D eigenvalue weighted by molar-refractivity contribution is 9.10. The third-order valence-corrected chi connectivity index (χ3v) is 3.09. The van der Waals surface area contributed by atoms with Gasteiger partial charge in [0.2, 0.25) is 0 Å². The van der Waals surface area contributed by atoms with E-state index in [1.807, 2.05) is 0 Å². The van der Waals surface area contributed by atoms with Crippen LogP contribution in [0, 0.1) is 5.82 Å². The van der Waals surface area contributed by atoms with E-state index in [4.69, 9.17) is 0 Å². The molecular formula is C12H14BrFN2O. The predicted octanol–water partition coefficient (Wildman–Crippen LogP) is 2.07. The number of hydrogen-bond acceptors (Lipinski definition) is 2. The van der Waals surface area contributed by atoms with Crippen molar-refractivity contribution in [3.05, 3.63) is 34.1 Å². The lowest BCUT2D eigenvalue weighted by Crippen LogP contribution is -2.33. The van der Waals surface area contributed by atoms with Gasteiger partial charge in [-0.3, -0.25) is 4.79 Å². The zero-order valence-electron chi connectivity index (χ0n) is 9.30. The van der Waals surface area contributed by atoms with Crippen molar-refractivity contribution in [2.45, 2.75) is 18.9 Å². The van der Waals surface area contributed by atoms with Gasteiger partial charge < -0.3 is 10.6 Å². The molecule has 1 fully saturated rings. The Bertz CT molecular complexity index is 421. The van der Waals surface area contributed by atoms with Crippen molar-refractivity contribution >= 4 is 21.8 Å². The summed E-state index contributed by atoms with van der Waals surface area (Å²) >= 11 is 3.15. The Morgan fingerprint density at radius 3 is 2.82 bits per heavy atom. The molecule has 1 aromatic rings. The van der Waals surface area contributed by atoms with Crippen LogP contribution in [-0.4, -0.2) is 25.0 Å². The Morgan fingerprint density at radius 1 is 1.41 bits per heavy atom. The second-order valence-electron chi connectivity index (χ2n) is 4.11. The van der Waals surface area contributed by atoms with Crippen molar-refractivity contribution in [3.8, 4) is 0 Å². The molecule has 1 amide bonds. The molecule has 2 rings (SSSR count). The van der Waals surface area contributed by atoms with Crippen LogP contribution in [0.4, 0.5) is 4.39 Å². The molecule has 17 heavy (non-hydrogen) atoms. The van der Waals surface area contributed by atoms with Crippen LogP contribution in [0.15, 0.2) is 22.7 Å². The van der Waals surface area contributed by atoms with Gasteiger partial charge in [0.15, 0.2) is 0 Å². The maximum Gasteiger partial charge on any atom is 0.254 e. The normalized spacial score (nSPS) is 14.7. The third kappa shape index (κ3) is 3.78. The number of carbonyl (C=O) groups excluding carboxylic acids is 1. The van der Waals surface area contributed by atoms with Crippen molar-refractivity contribution in [1.29, 1.82) is 0 Å². The van der Waals surface area contributed by atoms with Gasteiger partial charge in [0, 0.05) is 23.6 Å². The molecule has 1 aliphatic carbocycles. The number of benzene rings is 1. The van der Waals surface area contributed by atoms with E-state index < -0.39 is 5.82 Å². The molecule has 1 saturated carbocycles. The Morgan fingerprint density at radius 2 is 2.18 bits per heavy atom. The monoisotopic (exact) mass is 300 g/mol. The highest BCUT2D eigenvalue weighted by atomic mass is 79.9. The van der Waals surface area contributed by atoms with Gasteiger partial charge in [0.05, 0.1) is 5.56 Å². The summed E-state index contributed by atoms with van der Waals surface area (Å²) in [6, 6.07) is 5.04. The largest absolute Gasteiger partial charge is 0.351 e. The molecule has 0 bridgehead atoms. The number of carbonyl (C=O) groups is 1. The molecule has 0 aromatic heterocycles. The summed E-state index contributed by atoms with van der Waals surface area (Å²) in [5, 5.41) is 5.96. The smallest absolute Gasteiger partial charge is 0.254 e. The first-order valence-electron chi connectivity index (χ1n) is 5.63. The molecule has 0 unspecified atom stereocenters. The van der Waals surface area contributed by atoms with Crippen LogP contribution >= 0.6 is 15.9 Å². The fourth-order valence-corrected chi connectivity index (χ4v) is 1.84. The summed E-state index contributed by atoms with van der Waals surface area (Å²) < 4.78 is 14.1. The van der Waals surface area contributed by atoms with Crippen LogP contribution < -0.4 is 10.6 Å². The third-order valence-electron chi connectivity index (χ3n) is 2.60. The fraction of sp³-hybridized carbons (Fsp3) is 0.417. The zero-order valence-corrected chi connectivity index (χ0v) is 10.9. The van der Waals surface area contributed by atoms with E-state index in [0.717, 1.165) is 6.54 Å². The molecule has 0 aliphatic heterocycles. The van der Waals surface area contributed by atoms with Crippen molar-refractivity contribution < 1.29 is 9.18 Å². The van der Waals surface area contributed by atoms with Gasteiger partial charge >= 0.3 is 0 Å². The summed E-state index contributed by atoms with van der Waals surface area (Å²) in [4.78, 5) is 11.6. The minimum Gasteiger partial charge on any atom is -0.351 e. The van der Waals surface area contributed by atoms with Crippen LogP contribution in [-0.2, 0) is 0 Å². The topological polar surface area (TPSA) is 41.1 Å². The lowest BCUT2D eigenvalue weighted by Gasteiger charge is -2.07. The van der Waals surface area contributed by atoms with E-state index in [9.17, 15) is 9.18 Å². The van der Waals surface area contributed by atoms with Crippen molar-refractivity contribution in [2.75, 3.05) is 13.1 Å². The van der Waals surface area contributed by atoms with E-state index in [1.54, 1.807) is 6.07 Å². The SMILES string of the molecule is O=C(NCCNC1CC1)c1ccc(Br)cc1F. The Kier molecular flexibility index (Phi) is 4.12. The van der Waals surface area contributed by atoms with Gasteiger partial charge in [-0.2, -0.15) is 0 Å². The van der Waals surface area contributed by atoms with E-state index in [-0.39, 0.29) is 11.5 Å². The Hall–Kier alpha value is -0.940. The average molecular weight is 301 g/mol. The molecule has 0 atom stereocenters. The van der Waals surface area contributed by atoms with Gasteiger partial charge in [0.25, 0.3) is 5.91 Å². The summed E-state index contributed by atoms with van der Waals surface area (Å²) in [6.07, 6.45) is 2.44. The van der Waals surface area contributed by atoms with Crippen LogP contribution in [0.5, 0.6) is 0 Å². The molecule has 2 N–H and O–H groups in total. The quantitative estimate of drug-likeness (QED) is 0.818. The molecular weight excluding hydrogens is 287 g/mol. The molecule has 0 saturated heterocycles. The molecule has 5 heteroatoms. The first-order chi connectivity index (χ1) is 8.16. The van der Waals surface area contributed by atoms with Gasteiger partial charge in [-0.05, 0) is 31.0 Å². The van der Waals surface area contributed by atoms with E-state index >= 15 is 0 Å². The van der Waals surface area contributed by atoms with Crippen molar-refractivity contribution in [3.63, 3.8) is 0 Å². The van der Waals surface area contributed by atoms with E-state index in [0.29, 0.717) is 17.1 Å². The van der Waals surface area contributed by atoms with Crippen LogP contribution in [0.2, 0.25) is 0 Å². The summed E-state index contributed by atoms with van der Waals surface area (Å²) in [5.41, 5.74) is 0.0830. The number of amides is 1. The first-order valence-corrected chi connectivity index (χ1v) is 6.43. The lowest BCUT2D eigenvalue weighted by molar-refractivity contribution is 0.0950. The maximum atomic E-state index is 13.4. The standard InChI is InChI=1S/C12H14BrFN2O/c13-8-1-4-10(11(14)7-8)12(17)16-6-5-15-9-2-3-9/h1,4,7,9,15H,2-3,5-6H2,(H,16,17). The van der Waals surface area contributed by atoms with Crippen molar-refractivity contribution in [2.24, 2.45) is 0 Å². The highest BCUT2D eigenvalue weighted by Crippen LogP contribution is 2.18. The van der Waals surface area contributed by atoms with Crippen molar-refractivity contribution in [1.82, 2.24) is 10.6 Å². The second kappa shape index (κ2) is 5.60. The minimum absolute atomic E-state index is 0.0830. The molecule has 1 aliphatic rings. The van der Waals surface area contributed by atoms with E-state index in [1.165, 1.54) is 25.0 Å². The number of hydrogen-bond donors (Lipinski definition) is 2. The second-order valence-corrected chi connectivity index (χ2v) is 5.02. The lowest BCUT2D eigenvalue weighted by atomic mass is 10.2. The Balaban J connectivity index is 1.81. The minimum atomic E-state index is -0.507. The predicted molar refractivity (Wildman–Crippen MR) is 67.5 cm³/mol. The van der Waals surface area contributed by atoms with Gasteiger partial charge in [-0.1, -0.05) is 15.9 Å². The number of halogens is 2. The van der Waals surface area contributed by atoms with Crippen LogP contribution in [0.25, 0.3) is 0 Å². The van der Waals surface area contributed by atoms with E-state index in [2.05, 4.69) is 26.6 Å². The first kappa shape index (κ1) is 12.5. The fourth-order valence-electron chi connectivity index (χ4n) is 1.51. The molecule has 0 heterocycles. The highest BCUT2D eigenvalue weighted by Gasteiger charge is 2.19. The molecule has 0 radical (unpaired) electrons. The van der Waals surface area contributed by atoms with Gasteiger partial charge in [0.1, 0.15) is 5.82 Å². The maximum absolute atomic E-state index is 13.4. The summed E-state index contributed by atoms with van der Waals surface area (Å²) in [6.45, 7) is 1.25. The van der Waals surface area contributed by atoms with Crippen LogP contribution in [0.1, 0.15) is 23.2 Å². The zero-order chi connectivity index (χ0) is 12.3. The summed E-state index contributed by atoms with van der Waals surface area (Å²) in [5.74, 6) is -0.875. The molecule has 0 spiro atoms. The molecule has 3 nitrogen and oxygen atoms in total. The summed E-state index contributed by atoms with van der Waals surface area (Å²) in [7, 11) is 0. The Labute approximate surface area is 108 Å². The number of nitrogens with one attached hydrogen (secondary N) is 2. The van der Waals surface area contributed by atoms with Gasteiger partial charge in [-0.25, -0.2) is 4.39 Å².